The number of aromatic nitrogens is 2. The van der Waals surface area contributed by atoms with Gasteiger partial charge in [-0.15, -0.1) is 0 Å². The van der Waals surface area contributed by atoms with Crippen molar-refractivity contribution in [1.82, 2.24) is 9.78 Å². The maximum atomic E-state index is 11.5. The molecule has 0 spiro atoms. The molecule has 1 aromatic heterocycles. The third-order valence-corrected chi connectivity index (χ3v) is 4.31. The van der Waals surface area contributed by atoms with E-state index in [1.54, 1.807) is 35.9 Å². The Balaban J connectivity index is 2.04. The zero-order valence-corrected chi connectivity index (χ0v) is 14.6. The van der Waals surface area contributed by atoms with Gasteiger partial charge in [0, 0.05) is 7.05 Å². The summed E-state index contributed by atoms with van der Waals surface area (Å²) in [7, 11) is 1.82. The Morgan fingerprint density at radius 1 is 1.12 bits per heavy atom. The van der Waals surface area contributed by atoms with Crippen molar-refractivity contribution < 1.29 is 15.0 Å². The van der Waals surface area contributed by atoms with Crippen LogP contribution in [0, 0.1) is 0 Å². The number of hydrogen-bond donors (Lipinski definition) is 2. The van der Waals surface area contributed by atoms with Gasteiger partial charge in [0.1, 0.15) is 6.10 Å². The fourth-order valence-electron chi connectivity index (χ4n) is 3.04. The van der Waals surface area contributed by atoms with E-state index in [4.69, 9.17) is 0 Å². The summed E-state index contributed by atoms with van der Waals surface area (Å²) >= 11 is 0. The van der Waals surface area contributed by atoms with Gasteiger partial charge in [0.25, 0.3) is 0 Å². The van der Waals surface area contributed by atoms with Crippen LogP contribution in [0.5, 0.6) is 0 Å². The van der Waals surface area contributed by atoms with Gasteiger partial charge in [-0.1, -0.05) is 60.7 Å². The Morgan fingerprint density at radius 2 is 1.77 bits per heavy atom. The Hall–Kier alpha value is -3.18. The third-order valence-electron chi connectivity index (χ3n) is 4.31. The first-order valence-corrected chi connectivity index (χ1v) is 8.29. The van der Waals surface area contributed by atoms with Crippen molar-refractivity contribution in [2.45, 2.75) is 13.0 Å². The van der Waals surface area contributed by atoms with Crippen LogP contribution in [-0.2, 0) is 11.8 Å². The fraction of sp³-hybridized carbons (Fsp3) is 0.143. The molecule has 0 aliphatic rings. The van der Waals surface area contributed by atoms with E-state index >= 15 is 0 Å². The standard InChI is InChI=1S/C21H20N2O3/c1-3-15(21(25)26)16-11-7-8-12-17(16)20(24)18-13-19(23(2)22-18)14-9-5-4-6-10-14/h3-13,20,24H,1-2H3,(H,25,26)/b15-3+. The summed E-state index contributed by atoms with van der Waals surface area (Å²) in [4.78, 5) is 11.5. The molecule has 0 radical (unpaired) electrons. The van der Waals surface area contributed by atoms with Crippen LogP contribution >= 0.6 is 0 Å². The second-order valence-corrected chi connectivity index (χ2v) is 5.94. The van der Waals surface area contributed by atoms with Gasteiger partial charge in [0.05, 0.1) is 17.0 Å². The van der Waals surface area contributed by atoms with Gasteiger partial charge in [-0.3, -0.25) is 4.68 Å². The summed E-state index contributed by atoms with van der Waals surface area (Å²) in [6, 6.07) is 18.6. The molecule has 3 aromatic rings. The van der Waals surface area contributed by atoms with Crippen molar-refractivity contribution >= 4 is 11.5 Å². The lowest BCUT2D eigenvalue weighted by molar-refractivity contribution is -0.130. The predicted octanol–water partition coefficient (Wildman–Crippen LogP) is 3.66. The first-order chi connectivity index (χ1) is 12.5. The third kappa shape index (κ3) is 3.30. The van der Waals surface area contributed by atoms with Crippen LogP contribution in [0.15, 0.2) is 66.7 Å². The average Bonchev–Trinajstić information content (AvgIpc) is 3.04. The van der Waals surface area contributed by atoms with E-state index < -0.39 is 12.1 Å². The molecule has 3 rings (SSSR count). The molecule has 1 unspecified atom stereocenters. The van der Waals surface area contributed by atoms with Crippen LogP contribution < -0.4 is 0 Å². The summed E-state index contributed by atoms with van der Waals surface area (Å²) in [5.41, 5.74) is 3.50. The molecule has 0 amide bonds. The number of carbonyl (C=O) groups is 1. The minimum atomic E-state index is -1.03. The number of aliphatic hydroxyl groups excluding tert-OH is 1. The molecule has 5 nitrogen and oxygen atoms in total. The number of allylic oxidation sites excluding steroid dienone is 1. The van der Waals surface area contributed by atoms with Gasteiger partial charge < -0.3 is 10.2 Å². The molecular weight excluding hydrogens is 328 g/mol. The highest BCUT2D eigenvalue weighted by atomic mass is 16.4. The van der Waals surface area contributed by atoms with E-state index in [2.05, 4.69) is 5.10 Å². The number of aliphatic hydroxyl groups is 1. The molecule has 26 heavy (non-hydrogen) atoms. The normalized spacial score (nSPS) is 12.8. The first-order valence-electron chi connectivity index (χ1n) is 8.29. The number of benzene rings is 2. The van der Waals surface area contributed by atoms with Crippen molar-refractivity contribution in [2.75, 3.05) is 0 Å². The predicted molar refractivity (Wildman–Crippen MR) is 100 cm³/mol. The number of aliphatic carboxylic acids is 1. The molecule has 5 heteroatoms. The fourth-order valence-corrected chi connectivity index (χ4v) is 3.04. The van der Waals surface area contributed by atoms with Crippen molar-refractivity contribution in [3.63, 3.8) is 0 Å². The smallest absolute Gasteiger partial charge is 0.335 e. The van der Waals surface area contributed by atoms with Crippen molar-refractivity contribution in [3.8, 4) is 11.3 Å². The van der Waals surface area contributed by atoms with Crippen LogP contribution in [0.2, 0.25) is 0 Å². The molecule has 0 aliphatic carbocycles. The molecule has 0 aliphatic heterocycles. The number of carboxylic acids is 1. The summed E-state index contributed by atoms with van der Waals surface area (Å²) in [6.07, 6.45) is 0.506. The SMILES string of the molecule is C/C=C(/C(=O)O)c1ccccc1C(O)c1cc(-c2ccccc2)n(C)n1. The molecular formula is C21H20N2O3. The van der Waals surface area contributed by atoms with Gasteiger partial charge in [0.2, 0.25) is 0 Å². The van der Waals surface area contributed by atoms with E-state index in [-0.39, 0.29) is 5.57 Å². The number of nitrogens with zero attached hydrogens (tertiary/aromatic N) is 2. The molecule has 0 bridgehead atoms. The molecule has 2 aromatic carbocycles. The van der Waals surface area contributed by atoms with Crippen LogP contribution in [0.25, 0.3) is 16.8 Å². The van der Waals surface area contributed by atoms with Gasteiger partial charge in [-0.25, -0.2) is 4.79 Å². The highest BCUT2D eigenvalue weighted by molar-refractivity contribution is 6.15. The van der Waals surface area contributed by atoms with Crippen molar-refractivity contribution in [1.29, 1.82) is 0 Å². The van der Waals surface area contributed by atoms with Crippen LogP contribution in [0.3, 0.4) is 0 Å². The van der Waals surface area contributed by atoms with Gasteiger partial charge >= 0.3 is 5.97 Å². The topological polar surface area (TPSA) is 75.3 Å². The molecule has 0 saturated carbocycles. The number of carboxylic acid groups (broad SMARTS) is 1. The summed E-state index contributed by atoms with van der Waals surface area (Å²) in [6.45, 7) is 1.67. The van der Waals surface area contributed by atoms with Crippen molar-refractivity contribution in [3.05, 3.63) is 83.6 Å². The minimum absolute atomic E-state index is 0.152. The van der Waals surface area contributed by atoms with Crippen LogP contribution in [0.4, 0.5) is 0 Å². The summed E-state index contributed by atoms with van der Waals surface area (Å²) in [5, 5.41) is 24.8. The number of hydrogen-bond acceptors (Lipinski definition) is 3. The maximum absolute atomic E-state index is 11.5. The monoisotopic (exact) mass is 348 g/mol. The molecule has 0 saturated heterocycles. The van der Waals surface area contributed by atoms with Gasteiger partial charge in [0.15, 0.2) is 0 Å². The summed E-state index contributed by atoms with van der Waals surface area (Å²) in [5.74, 6) is -1.03. The Morgan fingerprint density at radius 3 is 2.42 bits per heavy atom. The Bertz CT molecular complexity index is 958. The Kier molecular flexibility index (Phi) is 5.00. The second kappa shape index (κ2) is 7.37. The molecule has 1 heterocycles. The zero-order valence-electron chi connectivity index (χ0n) is 14.6. The molecule has 0 fully saturated rings. The van der Waals surface area contributed by atoms with E-state index in [0.29, 0.717) is 16.8 Å². The van der Waals surface area contributed by atoms with E-state index in [9.17, 15) is 15.0 Å². The van der Waals surface area contributed by atoms with Crippen LogP contribution in [-0.4, -0.2) is 26.0 Å². The second-order valence-electron chi connectivity index (χ2n) is 5.94. The van der Waals surface area contributed by atoms with Gasteiger partial charge in [-0.05, 0) is 29.7 Å². The molecule has 132 valence electrons. The molecule has 1 atom stereocenters. The highest BCUT2D eigenvalue weighted by Crippen LogP contribution is 2.31. The highest BCUT2D eigenvalue weighted by Gasteiger charge is 2.22. The van der Waals surface area contributed by atoms with Crippen molar-refractivity contribution in [2.24, 2.45) is 7.05 Å². The maximum Gasteiger partial charge on any atom is 0.335 e. The Labute approximate surface area is 151 Å². The van der Waals surface area contributed by atoms with Gasteiger partial charge in [-0.2, -0.15) is 5.10 Å². The van der Waals surface area contributed by atoms with E-state index in [1.807, 2.05) is 43.4 Å². The average molecular weight is 348 g/mol. The van der Waals surface area contributed by atoms with E-state index in [0.717, 1.165) is 11.3 Å². The zero-order chi connectivity index (χ0) is 18.7. The molecule has 2 N–H and O–H groups in total. The summed E-state index contributed by atoms with van der Waals surface area (Å²) < 4.78 is 1.71. The van der Waals surface area contributed by atoms with E-state index in [1.165, 1.54) is 6.08 Å². The minimum Gasteiger partial charge on any atom is -0.478 e. The number of aryl methyl sites for hydroxylation is 1. The lowest BCUT2D eigenvalue weighted by Gasteiger charge is -2.14. The quantitative estimate of drug-likeness (QED) is 0.690. The first kappa shape index (κ1) is 17.6. The lowest BCUT2D eigenvalue weighted by atomic mass is 9.94. The van der Waals surface area contributed by atoms with Crippen LogP contribution in [0.1, 0.15) is 29.8 Å². The largest absolute Gasteiger partial charge is 0.478 e. The lowest BCUT2D eigenvalue weighted by Crippen LogP contribution is -2.08. The number of rotatable bonds is 5.